The Labute approximate surface area is 107 Å². The van der Waals surface area contributed by atoms with Gasteiger partial charge < -0.3 is 5.73 Å². The van der Waals surface area contributed by atoms with Gasteiger partial charge in [-0.05, 0) is 36.6 Å². The summed E-state index contributed by atoms with van der Waals surface area (Å²) < 4.78 is 0. The summed E-state index contributed by atoms with van der Waals surface area (Å²) in [6, 6.07) is 10.8. The zero-order valence-corrected chi connectivity index (χ0v) is 10.6. The van der Waals surface area contributed by atoms with Crippen molar-refractivity contribution in [2.24, 2.45) is 0 Å². The molecule has 0 saturated carbocycles. The maximum atomic E-state index is 5.69. The molecule has 0 spiro atoms. The molecule has 0 aliphatic heterocycles. The lowest BCUT2D eigenvalue weighted by atomic mass is 10.0. The first-order valence-corrected chi connectivity index (χ1v) is 5.97. The highest BCUT2D eigenvalue weighted by atomic mass is 14.9. The summed E-state index contributed by atoms with van der Waals surface area (Å²) in [5.74, 6) is 1.19. The molecule has 3 nitrogen and oxygen atoms in total. The van der Waals surface area contributed by atoms with E-state index in [0.717, 1.165) is 12.1 Å². The van der Waals surface area contributed by atoms with E-state index in [2.05, 4.69) is 23.0 Å². The van der Waals surface area contributed by atoms with Gasteiger partial charge in [0.2, 0.25) is 0 Å². The van der Waals surface area contributed by atoms with E-state index in [4.69, 9.17) is 5.73 Å². The van der Waals surface area contributed by atoms with Crippen LogP contribution in [0.25, 0.3) is 12.2 Å². The molecule has 0 fully saturated rings. The van der Waals surface area contributed by atoms with Crippen molar-refractivity contribution in [1.29, 1.82) is 0 Å². The second-order valence-corrected chi connectivity index (χ2v) is 4.08. The fraction of sp³-hybridized carbons (Fsp3) is 0.200. The molecular formula is C15H16N3. The Morgan fingerprint density at radius 1 is 1.33 bits per heavy atom. The predicted octanol–water partition coefficient (Wildman–Crippen LogP) is 2.90. The van der Waals surface area contributed by atoms with E-state index in [-0.39, 0.29) is 0 Å². The second kappa shape index (κ2) is 5.45. The van der Waals surface area contributed by atoms with Crippen LogP contribution in [0, 0.1) is 13.0 Å². The minimum absolute atomic E-state index is 0.499. The highest BCUT2D eigenvalue weighted by molar-refractivity contribution is 5.70. The van der Waals surface area contributed by atoms with Gasteiger partial charge in [-0.3, -0.25) is 0 Å². The average molecular weight is 238 g/mol. The number of aromatic nitrogens is 2. The van der Waals surface area contributed by atoms with Crippen molar-refractivity contribution in [2.75, 3.05) is 5.73 Å². The molecule has 0 bridgehead atoms. The van der Waals surface area contributed by atoms with E-state index < -0.39 is 0 Å². The van der Waals surface area contributed by atoms with Gasteiger partial charge in [0, 0.05) is 6.07 Å². The molecule has 0 atom stereocenters. The van der Waals surface area contributed by atoms with Crippen molar-refractivity contribution in [3.63, 3.8) is 0 Å². The number of nitrogens with zero attached hydrogens (tertiary/aromatic N) is 2. The molecule has 91 valence electrons. The predicted molar refractivity (Wildman–Crippen MR) is 74.8 cm³/mol. The van der Waals surface area contributed by atoms with Gasteiger partial charge in [0.05, 0.1) is 5.69 Å². The lowest BCUT2D eigenvalue weighted by Gasteiger charge is -2.02. The summed E-state index contributed by atoms with van der Waals surface area (Å²) in [6.45, 7) is 3.97. The SMILES string of the molecule is CCc1c[c]ccc1C=Cc1cc(N)nc(C)n1. The molecule has 1 radical (unpaired) electrons. The van der Waals surface area contributed by atoms with Crippen LogP contribution in [0.1, 0.15) is 29.6 Å². The summed E-state index contributed by atoms with van der Waals surface area (Å²) in [7, 11) is 0. The molecule has 2 rings (SSSR count). The summed E-state index contributed by atoms with van der Waals surface area (Å²) in [5.41, 5.74) is 8.98. The standard InChI is InChI=1S/C15H16N3/c1-3-12-6-4-5-7-13(12)8-9-14-10-15(16)18-11(2)17-14/h5-10H,3H2,1-2H3,(H2,16,17,18). The molecule has 3 heteroatoms. The van der Waals surface area contributed by atoms with Crippen LogP contribution in [-0.2, 0) is 6.42 Å². The van der Waals surface area contributed by atoms with Crippen molar-refractivity contribution < 1.29 is 0 Å². The Morgan fingerprint density at radius 2 is 2.17 bits per heavy atom. The largest absolute Gasteiger partial charge is 0.384 e. The molecular weight excluding hydrogens is 222 g/mol. The fourth-order valence-corrected chi connectivity index (χ4v) is 1.82. The van der Waals surface area contributed by atoms with E-state index in [9.17, 15) is 0 Å². The van der Waals surface area contributed by atoms with Gasteiger partial charge in [-0.25, -0.2) is 9.97 Å². The van der Waals surface area contributed by atoms with E-state index in [1.54, 1.807) is 6.07 Å². The summed E-state index contributed by atoms with van der Waals surface area (Å²) in [6.07, 6.45) is 5.00. The topological polar surface area (TPSA) is 51.8 Å². The van der Waals surface area contributed by atoms with Gasteiger partial charge in [0.15, 0.2) is 0 Å². The van der Waals surface area contributed by atoms with Gasteiger partial charge >= 0.3 is 0 Å². The van der Waals surface area contributed by atoms with Crippen LogP contribution in [0.2, 0.25) is 0 Å². The van der Waals surface area contributed by atoms with Gasteiger partial charge in [-0.1, -0.05) is 31.2 Å². The number of hydrogen-bond acceptors (Lipinski definition) is 3. The third-order valence-electron chi connectivity index (χ3n) is 2.68. The zero-order valence-electron chi connectivity index (χ0n) is 10.6. The minimum Gasteiger partial charge on any atom is -0.384 e. The van der Waals surface area contributed by atoms with Gasteiger partial charge in [0.1, 0.15) is 11.6 Å². The molecule has 1 aromatic carbocycles. The van der Waals surface area contributed by atoms with E-state index in [1.165, 1.54) is 11.1 Å². The summed E-state index contributed by atoms with van der Waals surface area (Å²) >= 11 is 0. The molecule has 0 unspecified atom stereocenters. The van der Waals surface area contributed by atoms with Gasteiger partial charge in [-0.15, -0.1) is 0 Å². The third kappa shape index (κ3) is 2.94. The van der Waals surface area contributed by atoms with E-state index >= 15 is 0 Å². The molecule has 2 N–H and O–H groups in total. The molecule has 18 heavy (non-hydrogen) atoms. The van der Waals surface area contributed by atoms with Crippen LogP contribution in [0.5, 0.6) is 0 Å². The van der Waals surface area contributed by atoms with Crippen LogP contribution >= 0.6 is 0 Å². The number of benzene rings is 1. The van der Waals surface area contributed by atoms with Gasteiger partial charge in [-0.2, -0.15) is 0 Å². The zero-order chi connectivity index (χ0) is 13.0. The van der Waals surface area contributed by atoms with Crippen molar-refractivity contribution >= 4 is 18.0 Å². The number of rotatable bonds is 3. The molecule has 0 amide bonds. The first kappa shape index (κ1) is 12.3. The maximum absolute atomic E-state index is 5.69. The summed E-state index contributed by atoms with van der Waals surface area (Å²) in [5, 5.41) is 0. The lowest BCUT2D eigenvalue weighted by Crippen LogP contribution is -1.96. The van der Waals surface area contributed by atoms with E-state index in [1.807, 2.05) is 37.3 Å². The Morgan fingerprint density at radius 3 is 2.89 bits per heavy atom. The Hall–Kier alpha value is -2.16. The smallest absolute Gasteiger partial charge is 0.128 e. The minimum atomic E-state index is 0.499. The number of hydrogen-bond donors (Lipinski definition) is 1. The van der Waals surface area contributed by atoms with Crippen LogP contribution in [-0.4, -0.2) is 9.97 Å². The Kier molecular flexibility index (Phi) is 3.72. The lowest BCUT2D eigenvalue weighted by molar-refractivity contribution is 1.05. The molecule has 0 aliphatic rings. The van der Waals surface area contributed by atoms with Crippen LogP contribution in [0.4, 0.5) is 5.82 Å². The third-order valence-corrected chi connectivity index (χ3v) is 2.68. The first-order chi connectivity index (χ1) is 8.69. The van der Waals surface area contributed by atoms with Gasteiger partial charge in [0.25, 0.3) is 0 Å². The maximum Gasteiger partial charge on any atom is 0.128 e. The highest BCUT2D eigenvalue weighted by Gasteiger charge is 1.98. The molecule has 0 saturated heterocycles. The normalized spacial score (nSPS) is 11.0. The Balaban J connectivity index is 2.30. The highest BCUT2D eigenvalue weighted by Crippen LogP contribution is 2.13. The van der Waals surface area contributed by atoms with Crippen molar-refractivity contribution in [3.8, 4) is 0 Å². The monoisotopic (exact) mass is 238 g/mol. The van der Waals surface area contributed by atoms with Crippen molar-refractivity contribution in [1.82, 2.24) is 9.97 Å². The molecule has 1 heterocycles. The average Bonchev–Trinajstić information content (AvgIpc) is 2.35. The molecule has 0 aliphatic carbocycles. The number of nitrogens with two attached hydrogens (primary N) is 1. The summed E-state index contributed by atoms with van der Waals surface area (Å²) in [4.78, 5) is 8.37. The number of nitrogen functional groups attached to an aromatic ring is 1. The van der Waals surface area contributed by atoms with Crippen molar-refractivity contribution in [2.45, 2.75) is 20.3 Å². The Bertz CT molecular complexity index is 553. The van der Waals surface area contributed by atoms with Crippen LogP contribution in [0.15, 0.2) is 24.3 Å². The van der Waals surface area contributed by atoms with Crippen LogP contribution < -0.4 is 5.73 Å². The molecule has 1 aromatic heterocycles. The second-order valence-electron chi connectivity index (χ2n) is 4.08. The number of aryl methyl sites for hydroxylation is 2. The van der Waals surface area contributed by atoms with Crippen molar-refractivity contribution in [3.05, 3.63) is 53.0 Å². The van der Waals surface area contributed by atoms with E-state index in [0.29, 0.717) is 11.6 Å². The molecule has 2 aromatic rings. The van der Waals surface area contributed by atoms with Crippen LogP contribution in [0.3, 0.4) is 0 Å². The first-order valence-electron chi connectivity index (χ1n) is 5.97. The quantitative estimate of drug-likeness (QED) is 0.894. The fourth-order valence-electron chi connectivity index (χ4n) is 1.82. The number of anilines is 1.